The molecule has 1 aromatic carbocycles. The SMILES string of the molecule is O=C(NCC1CS(=O)(=O)c2ccccc21)Nc1cn[nH]c1-c1nccs1. The molecule has 0 aliphatic carbocycles. The van der Waals surface area contributed by atoms with Crippen LogP contribution in [0.2, 0.25) is 0 Å². The molecule has 0 fully saturated rings. The first kappa shape index (κ1) is 16.7. The molecule has 4 rings (SSSR count). The fourth-order valence-corrected chi connectivity index (χ4v) is 5.52. The number of H-pyrrole nitrogens is 1. The second-order valence-corrected chi connectivity index (χ2v) is 8.74. The van der Waals surface area contributed by atoms with Gasteiger partial charge in [-0.05, 0) is 11.6 Å². The maximum Gasteiger partial charge on any atom is 0.319 e. The number of aromatic amines is 1. The molecule has 1 aliphatic rings. The Morgan fingerprint density at radius 2 is 2.19 bits per heavy atom. The van der Waals surface area contributed by atoms with E-state index in [4.69, 9.17) is 0 Å². The van der Waals surface area contributed by atoms with Crippen LogP contribution in [0.1, 0.15) is 11.5 Å². The Hall–Kier alpha value is -2.72. The van der Waals surface area contributed by atoms with E-state index in [1.165, 1.54) is 17.5 Å². The van der Waals surface area contributed by atoms with Crippen LogP contribution < -0.4 is 10.6 Å². The number of aromatic nitrogens is 3. The number of urea groups is 1. The highest BCUT2D eigenvalue weighted by molar-refractivity contribution is 7.91. The molecule has 3 N–H and O–H groups in total. The van der Waals surface area contributed by atoms with E-state index < -0.39 is 15.9 Å². The fraction of sp³-hybridized carbons (Fsp3) is 0.188. The number of anilines is 1. The lowest BCUT2D eigenvalue weighted by Gasteiger charge is -2.12. The topological polar surface area (TPSA) is 117 Å². The average Bonchev–Trinajstić information content (AvgIpc) is 3.33. The van der Waals surface area contributed by atoms with Crippen LogP contribution in [-0.4, -0.2) is 41.9 Å². The van der Waals surface area contributed by atoms with Gasteiger partial charge in [-0.15, -0.1) is 11.3 Å². The average molecular weight is 389 g/mol. The number of benzene rings is 1. The van der Waals surface area contributed by atoms with Crippen molar-refractivity contribution in [1.29, 1.82) is 0 Å². The van der Waals surface area contributed by atoms with E-state index in [-0.39, 0.29) is 18.2 Å². The van der Waals surface area contributed by atoms with E-state index in [9.17, 15) is 13.2 Å². The Labute approximate surface area is 153 Å². The summed E-state index contributed by atoms with van der Waals surface area (Å²) >= 11 is 1.43. The van der Waals surface area contributed by atoms with Crippen LogP contribution in [0.3, 0.4) is 0 Å². The summed E-state index contributed by atoms with van der Waals surface area (Å²) < 4.78 is 24.4. The number of carbonyl (C=O) groups excluding carboxylic acids is 1. The fourth-order valence-electron chi connectivity index (χ4n) is 2.99. The first-order valence-electron chi connectivity index (χ1n) is 7.84. The summed E-state index contributed by atoms with van der Waals surface area (Å²) in [5, 5.41) is 14.8. The number of nitrogens with one attached hydrogen (secondary N) is 3. The number of hydrogen-bond donors (Lipinski definition) is 3. The van der Waals surface area contributed by atoms with Crippen molar-refractivity contribution in [2.75, 3.05) is 17.6 Å². The summed E-state index contributed by atoms with van der Waals surface area (Å²) in [5.74, 6) is -0.257. The maximum absolute atomic E-state index is 12.2. The summed E-state index contributed by atoms with van der Waals surface area (Å²) in [6, 6.07) is 6.49. The molecule has 134 valence electrons. The molecule has 0 radical (unpaired) electrons. The molecule has 0 bridgehead atoms. The third kappa shape index (κ3) is 3.08. The van der Waals surface area contributed by atoms with Crippen molar-refractivity contribution in [3.8, 4) is 10.7 Å². The maximum atomic E-state index is 12.2. The molecule has 26 heavy (non-hydrogen) atoms. The van der Waals surface area contributed by atoms with Gasteiger partial charge in [0.15, 0.2) is 9.84 Å². The molecule has 1 unspecified atom stereocenters. The van der Waals surface area contributed by atoms with E-state index in [1.807, 2.05) is 5.38 Å². The van der Waals surface area contributed by atoms with Crippen LogP contribution in [0.25, 0.3) is 10.7 Å². The van der Waals surface area contributed by atoms with E-state index >= 15 is 0 Å². The summed E-state index contributed by atoms with van der Waals surface area (Å²) in [4.78, 5) is 16.8. The van der Waals surface area contributed by atoms with Gasteiger partial charge < -0.3 is 10.6 Å². The molecule has 0 saturated carbocycles. The molecular formula is C16H15N5O3S2. The quantitative estimate of drug-likeness (QED) is 0.633. The zero-order chi connectivity index (χ0) is 18.1. The van der Waals surface area contributed by atoms with Crippen molar-refractivity contribution in [3.63, 3.8) is 0 Å². The second kappa shape index (κ2) is 6.54. The number of sulfone groups is 1. The van der Waals surface area contributed by atoms with Gasteiger partial charge in [-0.3, -0.25) is 5.10 Å². The standard InChI is InChI=1S/C16H15N5O3S2/c22-16(20-12-8-19-21-14(12)15-17-5-6-25-15)18-7-10-9-26(23,24)13-4-2-1-3-11(10)13/h1-6,8,10H,7,9H2,(H,19,21)(H2,18,20,22). The summed E-state index contributed by atoms with van der Waals surface area (Å²) in [5.41, 5.74) is 1.89. The smallest absolute Gasteiger partial charge is 0.319 e. The second-order valence-electron chi connectivity index (χ2n) is 5.85. The first-order valence-corrected chi connectivity index (χ1v) is 10.4. The third-order valence-corrected chi connectivity index (χ3v) is 6.83. The van der Waals surface area contributed by atoms with E-state index in [0.29, 0.717) is 21.3 Å². The highest BCUT2D eigenvalue weighted by Crippen LogP contribution is 2.34. The molecule has 0 spiro atoms. The van der Waals surface area contributed by atoms with Gasteiger partial charge in [-0.25, -0.2) is 18.2 Å². The first-order chi connectivity index (χ1) is 12.5. The van der Waals surface area contributed by atoms with Gasteiger partial charge in [0.25, 0.3) is 0 Å². The number of fused-ring (bicyclic) bond motifs is 1. The number of carbonyl (C=O) groups is 1. The van der Waals surface area contributed by atoms with Crippen LogP contribution in [0.15, 0.2) is 46.9 Å². The molecule has 10 heteroatoms. The number of rotatable bonds is 4. The van der Waals surface area contributed by atoms with Crippen LogP contribution >= 0.6 is 11.3 Å². The lowest BCUT2D eigenvalue weighted by Crippen LogP contribution is -2.32. The predicted molar refractivity (Wildman–Crippen MR) is 98.0 cm³/mol. The summed E-state index contributed by atoms with van der Waals surface area (Å²) in [6.07, 6.45) is 3.17. The normalized spacial score (nSPS) is 17.6. The van der Waals surface area contributed by atoms with Crippen LogP contribution in [0.4, 0.5) is 10.5 Å². The van der Waals surface area contributed by atoms with Gasteiger partial charge in [-0.1, -0.05) is 18.2 Å². The van der Waals surface area contributed by atoms with E-state index in [2.05, 4.69) is 25.8 Å². The Kier molecular flexibility index (Phi) is 4.21. The Morgan fingerprint density at radius 3 is 3.00 bits per heavy atom. The minimum atomic E-state index is -3.28. The van der Waals surface area contributed by atoms with Crippen molar-refractivity contribution in [1.82, 2.24) is 20.5 Å². The minimum absolute atomic E-state index is 0.00268. The molecule has 1 aliphatic heterocycles. The van der Waals surface area contributed by atoms with Crippen molar-refractivity contribution in [2.45, 2.75) is 10.8 Å². The van der Waals surface area contributed by atoms with Gasteiger partial charge in [-0.2, -0.15) is 5.10 Å². The minimum Gasteiger partial charge on any atom is -0.337 e. The van der Waals surface area contributed by atoms with Crippen LogP contribution in [0, 0.1) is 0 Å². The number of amides is 2. The zero-order valence-electron chi connectivity index (χ0n) is 13.5. The van der Waals surface area contributed by atoms with Gasteiger partial charge in [0.1, 0.15) is 10.7 Å². The molecule has 1 atom stereocenters. The van der Waals surface area contributed by atoms with Crippen molar-refractivity contribution >= 4 is 32.9 Å². The van der Waals surface area contributed by atoms with Gasteiger partial charge in [0.05, 0.1) is 22.5 Å². The van der Waals surface area contributed by atoms with Crippen molar-refractivity contribution in [3.05, 3.63) is 47.6 Å². The van der Waals surface area contributed by atoms with Gasteiger partial charge in [0, 0.05) is 24.0 Å². The Balaban J connectivity index is 1.43. The molecule has 0 saturated heterocycles. The molecule has 2 amide bonds. The Bertz CT molecular complexity index is 1040. The molecule has 2 aromatic heterocycles. The van der Waals surface area contributed by atoms with Gasteiger partial charge in [0.2, 0.25) is 0 Å². The molecule has 3 heterocycles. The summed E-state index contributed by atoms with van der Waals surface area (Å²) in [6.45, 7) is 0.229. The Morgan fingerprint density at radius 1 is 1.35 bits per heavy atom. The lowest BCUT2D eigenvalue weighted by atomic mass is 10.0. The molecule has 3 aromatic rings. The highest BCUT2D eigenvalue weighted by Gasteiger charge is 2.34. The number of thiazole rings is 1. The van der Waals surface area contributed by atoms with Crippen LogP contribution in [-0.2, 0) is 9.84 Å². The van der Waals surface area contributed by atoms with Crippen LogP contribution in [0.5, 0.6) is 0 Å². The van der Waals surface area contributed by atoms with Crippen molar-refractivity contribution < 1.29 is 13.2 Å². The molecule has 8 nitrogen and oxygen atoms in total. The number of nitrogens with zero attached hydrogens (tertiary/aromatic N) is 2. The van der Waals surface area contributed by atoms with Crippen molar-refractivity contribution in [2.24, 2.45) is 0 Å². The van der Waals surface area contributed by atoms with E-state index in [1.54, 1.807) is 30.5 Å². The predicted octanol–water partition coefficient (Wildman–Crippen LogP) is 2.23. The van der Waals surface area contributed by atoms with Gasteiger partial charge >= 0.3 is 6.03 Å². The molecular weight excluding hydrogens is 374 g/mol. The largest absolute Gasteiger partial charge is 0.337 e. The number of hydrogen-bond acceptors (Lipinski definition) is 6. The monoisotopic (exact) mass is 389 g/mol. The van der Waals surface area contributed by atoms with E-state index in [0.717, 1.165) is 5.56 Å². The lowest BCUT2D eigenvalue weighted by molar-refractivity contribution is 0.251. The zero-order valence-corrected chi connectivity index (χ0v) is 15.1. The summed E-state index contributed by atoms with van der Waals surface area (Å²) in [7, 11) is -3.28. The highest BCUT2D eigenvalue weighted by atomic mass is 32.2. The third-order valence-electron chi connectivity index (χ3n) is 4.16.